The van der Waals surface area contributed by atoms with E-state index in [1.807, 2.05) is 0 Å². The fraction of sp³-hybridized carbons (Fsp3) is 0.500. The minimum atomic E-state index is 0.477. The molecule has 0 fully saturated rings. The van der Waals surface area contributed by atoms with Crippen molar-refractivity contribution in [3.8, 4) is 0 Å². The lowest BCUT2D eigenvalue weighted by atomic mass is 10.1. The first kappa shape index (κ1) is 6.81. The summed E-state index contributed by atoms with van der Waals surface area (Å²) in [6.07, 6.45) is 1.66. The molecule has 0 aromatic carbocycles. The zero-order valence-electron chi connectivity index (χ0n) is 5.39. The van der Waals surface area contributed by atoms with Crippen LogP contribution in [0.25, 0.3) is 0 Å². The summed E-state index contributed by atoms with van der Waals surface area (Å²) < 4.78 is 5.53. The van der Waals surface area contributed by atoms with E-state index in [0.29, 0.717) is 5.92 Å². The SMILES string of the molecule is CC(C)c1conc1Br. The summed E-state index contributed by atoms with van der Waals surface area (Å²) in [4.78, 5) is 0. The van der Waals surface area contributed by atoms with E-state index >= 15 is 0 Å². The van der Waals surface area contributed by atoms with Crippen LogP contribution in [0.4, 0.5) is 0 Å². The van der Waals surface area contributed by atoms with Crippen LogP contribution < -0.4 is 0 Å². The van der Waals surface area contributed by atoms with E-state index in [1.54, 1.807) is 6.26 Å². The molecule has 0 radical (unpaired) electrons. The first-order valence-corrected chi connectivity index (χ1v) is 3.61. The van der Waals surface area contributed by atoms with Gasteiger partial charge in [-0.1, -0.05) is 19.0 Å². The third kappa shape index (κ3) is 1.33. The van der Waals surface area contributed by atoms with Crippen LogP contribution in [0, 0.1) is 0 Å². The van der Waals surface area contributed by atoms with Gasteiger partial charge in [-0.3, -0.25) is 0 Å². The fourth-order valence-electron chi connectivity index (χ4n) is 0.605. The maximum atomic E-state index is 4.71. The Bertz CT molecular complexity index is 195. The maximum Gasteiger partial charge on any atom is 0.152 e. The largest absolute Gasteiger partial charge is 0.363 e. The van der Waals surface area contributed by atoms with Crippen LogP contribution in [0.2, 0.25) is 0 Å². The van der Waals surface area contributed by atoms with Gasteiger partial charge in [-0.15, -0.1) is 0 Å². The molecule has 0 atom stereocenters. The van der Waals surface area contributed by atoms with Crippen LogP contribution in [0.5, 0.6) is 0 Å². The normalized spacial score (nSPS) is 10.7. The van der Waals surface area contributed by atoms with Crippen molar-refractivity contribution in [3.63, 3.8) is 0 Å². The van der Waals surface area contributed by atoms with E-state index in [4.69, 9.17) is 4.52 Å². The van der Waals surface area contributed by atoms with Gasteiger partial charge in [-0.05, 0) is 21.8 Å². The molecule has 0 aliphatic carbocycles. The number of nitrogens with zero attached hydrogens (tertiary/aromatic N) is 1. The highest BCUT2D eigenvalue weighted by Gasteiger charge is 2.06. The van der Waals surface area contributed by atoms with Crippen LogP contribution in [0.1, 0.15) is 25.3 Å². The Labute approximate surface area is 62.4 Å². The molecule has 3 heteroatoms. The first-order valence-electron chi connectivity index (χ1n) is 2.81. The second kappa shape index (κ2) is 2.52. The number of halogens is 1. The summed E-state index contributed by atoms with van der Waals surface area (Å²) >= 11 is 3.26. The minimum absolute atomic E-state index is 0.477. The molecule has 1 rings (SSSR count). The number of hydrogen-bond acceptors (Lipinski definition) is 2. The number of rotatable bonds is 1. The summed E-state index contributed by atoms with van der Waals surface area (Å²) in [5, 5.41) is 3.68. The van der Waals surface area contributed by atoms with Crippen LogP contribution in [-0.4, -0.2) is 5.16 Å². The first-order chi connectivity index (χ1) is 4.22. The molecular formula is C6H8BrNO. The molecule has 0 bridgehead atoms. The minimum Gasteiger partial charge on any atom is -0.363 e. The summed E-state index contributed by atoms with van der Waals surface area (Å²) in [5.74, 6) is 0.477. The van der Waals surface area contributed by atoms with E-state index in [0.717, 1.165) is 10.2 Å². The van der Waals surface area contributed by atoms with E-state index in [2.05, 4.69) is 34.9 Å². The smallest absolute Gasteiger partial charge is 0.152 e. The van der Waals surface area contributed by atoms with Gasteiger partial charge in [0.1, 0.15) is 6.26 Å². The molecule has 50 valence electrons. The molecule has 0 aliphatic rings. The van der Waals surface area contributed by atoms with Crippen molar-refractivity contribution < 1.29 is 4.52 Å². The Balaban J connectivity index is 2.94. The lowest BCUT2D eigenvalue weighted by molar-refractivity contribution is 0.414. The van der Waals surface area contributed by atoms with Crippen molar-refractivity contribution in [1.82, 2.24) is 5.16 Å². The average Bonchev–Trinajstić information content (AvgIpc) is 2.13. The predicted molar refractivity (Wildman–Crippen MR) is 38.3 cm³/mol. The molecule has 0 saturated heterocycles. The topological polar surface area (TPSA) is 26.0 Å². The second-order valence-electron chi connectivity index (χ2n) is 2.22. The Hall–Kier alpha value is -0.310. The second-order valence-corrected chi connectivity index (χ2v) is 2.97. The number of aromatic nitrogens is 1. The molecule has 0 saturated carbocycles. The summed E-state index contributed by atoms with van der Waals surface area (Å²) in [7, 11) is 0. The van der Waals surface area contributed by atoms with Gasteiger partial charge in [0, 0.05) is 5.56 Å². The Morgan fingerprint density at radius 3 is 2.56 bits per heavy atom. The summed E-state index contributed by atoms with van der Waals surface area (Å²) in [5.41, 5.74) is 1.12. The molecule has 1 heterocycles. The van der Waals surface area contributed by atoms with Crippen molar-refractivity contribution in [2.45, 2.75) is 19.8 Å². The van der Waals surface area contributed by atoms with Crippen molar-refractivity contribution in [2.75, 3.05) is 0 Å². The van der Waals surface area contributed by atoms with Crippen LogP contribution in [0.3, 0.4) is 0 Å². The molecule has 0 aliphatic heterocycles. The molecule has 1 aromatic rings. The predicted octanol–water partition coefficient (Wildman–Crippen LogP) is 2.56. The molecule has 0 N–H and O–H groups in total. The Morgan fingerprint density at radius 2 is 2.33 bits per heavy atom. The van der Waals surface area contributed by atoms with E-state index in [1.165, 1.54) is 0 Å². The van der Waals surface area contributed by atoms with Gasteiger partial charge in [0.05, 0.1) is 0 Å². The van der Waals surface area contributed by atoms with Gasteiger partial charge in [0.2, 0.25) is 0 Å². The van der Waals surface area contributed by atoms with Gasteiger partial charge in [0.25, 0.3) is 0 Å². The van der Waals surface area contributed by atoms with Crippen LogP contribution >= 0.6 is 15.9 Å². The standard InChI is InChI=1S/C6H8BrNO/c1-4(2)5-3-9-8-6(5)7/h3-4H,1-2H3. The van der Waals surface area contributed by atoms with Crippen LogP contribution in [0.15, 0.2) is 15.4 Å². The Kier molecular flexibility index (Phi) is 1.90. The van der Waals surface area contributed by atoms with Crippen molar-refractivity contribution >= 4 is 15.9 Å². The third-order valence-corrected chi connectivity index (χ3v) is 1.78. The molecule has 0 spiro atoms. The highest BCUT2D eigenvalue weighted by molar-refractivity contribution is 9.10. The van der Waals surface area contributed by atoms with Gasteiger partial charge in [-0.2, -0.15) is 0 Å². The van der Waals surface area contributed by atoms with Crippen LogP contribution in [-0.2, 0) is 0 Å². The van der Waals surface area contributed by atoms with Gasteiger partial charge >= 0.3 is 0 Å². The number of hydrogen-bond donors (Lipinski definition) is 0. The van der Waals surface area contributed by atoms with E-state index in [-0.39, 0.29) is 0 Å². The summed E-state index contributed by atoms with van der Waals surface area (Å²) in [6.45, 7) is 4.19. The molecule has 9 heavy (non-hydrogen) atoms. The third-order valence-electron chi connectivity index (χ3n) is 1.17. The van der Waals surface area contributed by atoms with Crippen molar-refractivity contribution in [2.24, 2.45) is 0 Å². The lowest BCUT2D eigenvalue weighted by Gasteiger charge is -1.96. The van der Waals surface area contributed by atoms with E-state index < -0.39 is 0 Å². The maximum absolute atomic E-state index is 4.71. The lowest BCUT2D eigenvalue weighted by Crippen LogP contribution is -1.83. The molecule has 1 aromatic heterocycles. The quantitative estimate of drug-likeness (QED) is 0.680. The molecule has 0 amide bonds. The molecule has 0 unspecified atom stereocenters. The zero-order valence-corrected chi connectivity index (χ0v) is 6.97. The van der Waals surface area contributed by atoms with Gasteiger partial charge in [-0.25, -0.2) is 0 Å². The fourth-order valence-corrected chi connectivity index (χ4v) is 1.24. The summed E-state index contributed by atoms with van der Waals surface area (Å²) in [6, 6.07) is 0. The highest BCUT2D eigenvalue weighted by atomic mass is 79.9. The van der Waals surface area contributed by atoms with E-state index in [9.17, 15) is 0 Å². The zero-order chi connectivity index (χ0) is 6.85. The monoisotopic (exact) mass is 189 g/mol. The van der Waals surface area contributed by atoms with Gasteiger partial charge in [0.15, 0.2) is 4.60 Å². The highest BCUT2D eigenvalue weighted by Crippen LogP contribution is 2.22. The average molecular weight is 190 g/mol. The van der Waals surface area contributed by atoms with Crippen molar-refractivity contribution in [3.05, 3.63) is 16.4 Å². The Morgan fingerprint density at radius 1 is 1.67 bits per heavy atom. The van der Waals surface area contributed by atoms with Gasteiger partial charge < -0.3 is 4.52 Å². The molecule has 2 nitrogen and oxygen atoms in total. The van der Waals surface area contributed by atoms with Crippen molar-refractivity contribution in [1.29, 1.82) is 0 Å². The molecular weight excluding hydrogens is 182 g/mol.